The summed E-state index contributed by atoms with van der Waals surface area (Å²) in [6, 6.07) is 15.2. The molecule has 162 valence electrons. The number of hydrogen-bond acceptors (Lipinski definition) is 7. The Balaban J connectivity index is 1.58. The Kier molecular flexibility index (Phi) is 6.76. The minimum atomic E-state index is -0.432. The van der Waals surface area contributed by atoms with Crippen LogP contribution in [-0.2, 0) is 4.79 Å². The maximum absolute atomic E-state index is 13.3. The molecular weight excluding hydrogens is 414 g/mol. The zero-order valence-corrected chi connectivity index (χ0v) is 18.4. The third kappa shape index (κ3) is 4.85. The van der Waals surface area contributed by atoms with Gasteiger partial charge in [0.25, 0.3) is 5.22 Å². The van der Waals surface area contributed by atoms with E-state index in [2.05, 4.69) is 10.2 Å². The molecule has 7 nitrogen and oxygen atoms in total. The highest BCUT2D eigenvalue weighted by Gasteiger charge is 2.30. The zero-order chi connectivity index (χ0) is 21.6. The molecule has 3 aromatic rings. The third-order valence-corrected chi connectivity index (χ3v) is 6.33. The predicted octanol–water partition coefficient (Wildman–Crippen LogP) is 4.60. The van der Waals surface area contributed by atoms with Crippen LogP contribution in [0, 0.1) is 0 Å². The molecule has 0 bridgehead atoms. The number of ether oxygens (including phenoxy) is 2. The Bertz CT molecular complexity index is 1020. The molecule has 0 spiro atoms. The van der Waals surface area contributed by atoms with Gasteiger partial charge in [-0.05, 0) is 54.8 Å². The highest BCUT2D eigenvalue weighted by Crippen LogP contribution is 2.38. The Hall–Kier alpha value is -3.00. The molecule has 1 aliphatic rings. The molecule has 0 unspecified atom stereocenters. The summed E-state index contributed by atoms with van der Waals surface area (Å²) in [5, 5.41) is 8.28. The van der Waals surface area contributed by atoms with Crippen molar-refractivity contribution < 1.29 is 18.7 Å². The number of aromatic nitrogens is 2. The molecule has 31 heavy (non-hydrogen) atoms. The van der Waals surface area contributed by atoms with Gasteiger partial charge in [-0.25, -0.2) is 0 Å². The van der Waals surface area contributed by atoms with Crippen molar-refractivity contribution in [1.82, 2.24) is 15.1 Å². The van der Waals surface area contributed by atoms with Crippen molar-refractivity contribution in [2.45, 2.75) is 29.7 Å². The average molecular weight is 440 g/mol. The number of methoxy groups -OCH3 is 2. The van der Waals surface area contributed by atoms with E-state index < -0.39 is 5.25 Å². The van der Waals surface area contributed by atoms with Gasteiger partial charge >= 0.3 is 0 Å². The van der Waals surface area contributed by atoms with Crippen molar-refractivity contribution >= 4 is 17.7 Å². The predicted molar refractivity (Wildman–Crippen MR) is 118 cm³/mol. The quantitative estimate of drug-likeness (QED) is 0.498. The van der Waals surface area contributed by atoms with Gasteiger partial charge in [0, 0.05) is 18.7 Å². The topological polar surface area (TPSA) is 77.7 Å². The molecule has 2 aromatic carbocycles. The molecule has 1 atom stereocenters. The Morgan fingerprint density at radius 3 is 2.45 bits per heavy atom. The summed E-state index contributed by atoms with van der Waals surface area (Å²) in [6.07, 6.45) is 3.26. The highest BCUT2D eigenvalue weighted by atomic mass is 32.2. The van der Waals surface area contributed by atoms with Gasteiger partial charge in [0.15, 0.2) is 11.5 Å². The Morgan fingerprint density at radius 1 is 1.00 bits per heavy atom. The van der Waals surface area contributed by atoms with Crippen LogP contribution < -0.4 is 9.47 Å². The summed E-state index contributed by atoms with van der Waals surface area (Å²) in [4.78, 5) is 15.3. The first-order valence-corrected chi connectivity index (χ1v) is 11.1. The van der Waals surface area contributed by atoms with Gasteiger partial charge in [-0.2, -0.15) is 0 Å². The third-order valence-electron chi connectivity index (χ3n) is 5.25. The number of piperidine rings is 1. The van der Waals surface area contributed by atoms with E-state index in [0.29, 0.717) is 22.6 Å². The normalized spacial score (nSPS) is 14.8. The van der Waals surface area contributed by atoms with Crippen molar-refractivity contribution in [1.29, 1.82) is 0 Å². The van der Waals surface area contributed by atoms with Gasteiger partial charge in [0.05, 0.1) is 14.2 Å². The lowest BCUT2D eigenvalue weighted by atomic mass is 10.1. The van der Waals surface area contributed by atoms with Gasteiger partial charge in [-0.15, -0.1) is 10.2 Å². The number of rotatable bonds is 7. The van der Waals surface area contributed by atoms with Crippen molar-refractivity contribution in [2.75, 3.05) is 27.3 Å². The highest BCUT2D eigenvalue weighted by molar-refractivity contribution is 8.00. The number of nitrogens with zero attached hydrogens (tertiary/aromatic N) is 3. The fourth-order valence-corrected chi connectivity index (χ4v) is 4.57. The lowest BCUT2D eigenvalue weighted by Gasteiger charge is -2.29. The van der Waals surface area contributed by atoms with Crippen LogP contribution in [0.3, 0.4) is 0 Å². The SMILES string of the molecule is COc1ccc(-c2nnc(S[C@@H](C(=O)N3CCCCC3)c3ccccc3)o2)cc1OC. The standard InChI is InChI=1S/C23H25N3O4S/c1-28-18-12-11-17(15-19(18)29-2)21-24-25-23(30-21)31-20(16-9-5-3-6-10-16)22(27)26-13-7-4-8-14-26/h3,5-6,9-12,15,20H,4,7-8,13-14H2,1-2H3/t20-/m1/s1. The van der Waals surface area contributed by atoms with Crippen LogP contribution in [0.25, 0.3) is 11.5 Å². The lowest BCUT2D eigenvalue weighted by Crippen LogP contribution is -2.38. The van der Waals surface area contributed by atoms with E-state index in [-0.39, 0.29) is 5.91 Å². The number of carbonyl (C=O) groups is 1. The molecule has 1 aliphatic heterocycles. The molecular formula is C23H25N3O4S. The number of amides is 1. The fraction of sp³-hybridized carbons (Fsp3) is 0.348. The number of benzene rings is 2. The zero-order valence-electron chi connectivity index (χ0n) is 17.6. The Morgan fingerprint density at radius 2 is 1.74 bits per heavy atom. The molecule has 0 radical (unpaired) electrons. The largest absolute Gasteiger partial charge is 0.493 e. The van der Waals surface area contributed by atoms with Crippen molar-refractivity contribution in [3.05, 3.63) is 54.1 Å². The molecule has 0 N–H and O–H groups in total. The molecule has 1 saturated heterocycles. The minimum absolute atomic E-state index is 0.0850. The lowest BCUT2D eigenvalue weighted by molar-refractivity contribution is -0.131. The van der Waals surface area contributed by atoms with Crippen LogP contribution >= 0.6 is 11.8 Å². The van der Waals surface area contributed by atoms with Crippen molar-refractivity contribution in [3.63, 3.8) is 0 Å². The van der Waals surface area contributed by atoms with E-state index >= 15 is 0 Å². The summed E-state index contributed by atoms with van der Waals surface area (Å²) >= 11 is 1.29. The van der Waals surface area contributed by atoms with Crippen LogP contribution in [-0.4, -0.2) is 48.3 Å². The second-order valence-electron chi connectivity index (χ2n) is 7.24. The fourth-order valence-electron chi connectivity index (χ4n) is 3.61. The smallest absolute Gasteiger partial charge is 0.277 e. The van der Waals surface area contributed by atoms with Crippen LogP contribution in [0.2, 0.25) is 0 Å². The summed E-state index contributed by atoms with van der Waals surface area (Å²) in [6.45, 7) is 1.59. The van der Waals surface area contributed by atoms with Gasteiger partial charge in [0.1, 0.15) is 5.25 Å². The van der Waals surface area contributed by atoms with Gasteiger partial charge in [-0.1, -0.05) is 30.3 Å². The van der Waals surface area contributed by atoms with E-state index in [1.54, 1.807) is 26.4 Å². The molecule has 4 rings (SSSR count). The van der Waals surface area contributed by atoms with Gasteiger partial charge < -0.3 is 18.8 Å². The molecule has 1 amide bonds. The summed E-state index contributed by atoms with van der Waals surface area (Å²) in [5.41, 5.74) is 1.64. The summed E-state index contributed by atoms with van der Waals surface area (Å²) < 4.78 is 16.5. The number of hydrogen-bond donors (Lipinski definition) is 0. The second-order valence-corrected chi connectivity index (χ2v) is 8.29. The van der Waals surface area contributed by atoms with Gasteiger partial charge in [0.2, 0.25) is 11.8 Å². The number of thioether (sulfide) groups is 1. The average Bonchev–Trinajstić information content (AvgIpc) is 3.31. The first kappa shape index (κ1) is 21.2. The molecule has 1 aromatic heterocycles. The Labute approximate surface area is 185 Å². The first-order chi connectivity index (χ1) is 15.2. The summed E-state index contributed by atoms with van der Waals surface area (Å²) in [5.74, 6) is 1.65. The monoisotopic (exact) mass is 439 g/mol. The van der Waals surface area contributed by atoms with E-state index in [9.17, 15) is 4.79 Å². The molecule has 2 heterocycles. The molecule has 0 aliphatic carbocycles. The van der Waals surface area contributed by atoms with E-state index in [4.69, 9.17) is 13.9 Å². The maximum atomic E-state index is 13.3. The van der Waals surface area contributed by atoms with E-state index in [1.807, 2.05) is 41.3 Å². The number of carbonyl (C=O) groups excluding carboxylic acids is 1. The van der Waals surface area contributed by atoms with Gasteiger partial charge in [-0.3, -0.25) is 4.79 Å². The van der Waals surface area contributed by atoms with E-state index in [0.717, 1.165) is 37.1 Å². The second kappa shape index (κ2) is 9.87. The maximum Gasteiger partial charge on any atom is 0.277 e. The molecule has 1 fully saturated rings. The van der Waals surface area contributed by atoms with Crippen LogP contribution in [0.5, 0.6) is 11.5 Å². The minimum Gasteiger partial charge on any atom is -0.493 e. The van der Waals surface area contributed by atoms with Crippen molar-refractivity contribution in [3.8, 4) is 23.0 Å². The first-order valence-electron chi connectivity index (χ1n) is 10.3. The summed E-state index contributed by atoms with van der Waals surface area (Å²) in [7, 11) is 3.16. The van der Waals surface area contributed by atoms with E-state index in [1.165, 1.54) is 18.2 Å². The molecule has 8 heteroatoms. The van der Waals surface area contributed by atoms with Crippen molar-refractivity contribution in [2.24, 2.45) is 0 Å². The number of likely N-dealkylation sites (tertiary alicyclic amines) is 1. The van der Waals surface area contributed by atoms with Crippen LogP contribution in [0.15, 0.2) is 58.2 Å². The van der Waals surface area contributed by atoms with Crippen LogP contribution in [0.1, 0.15) is 30.1 Å². The van der Waals surface area contributed by atoms with Crippen LogP contribution in [0.4, 0.5) is 0 Å². The molecule has 0 saturated carbocycles.